The molecule has 1 aliphatic rings. The highest BCUT2D eigenvalue weighted by molar-refractivity contribution is 9.10. The second-order valence-electron chi connectivity index (χ2n) is 7.36. The van der Waals surface area contributed by atoms with Crippen LogP contribution in [0.1, 0.15) is 16.8 Å². The van der Waals surface area contributed by atoms with Crippen molar-refractivity contribution in [3.05, 3.63) is 86.4 Å². The van der Waals surface area contributed by atoms with Gasteiger partial charge >= 0.3 is 0 Å². The van der Waals surface area contributed by atoms with Crippen LogP contribution < -0.4 is 5.32 Å². The minimum atomic E-state index is 0.963. The van der Waals surface area contributed by atoms with Crippen LogP contribution in [-0.2, 0) is 13.5 Å². The fourth-order valence-corrected chi connectivity index (χ4v) is 5.14. The average molecular weight is 509 g/mol. The van der Waals surface area contributed by atoms with Gasteiger partial charge in [0.05, 0.1) is 11.4 Å². The van der Waals surface area contributed by atoms with Crippen LogP contribution in [-0.4, -0.2) is 9.78 Å². The van der Waals surface area contributed by atoms with Crippen LogP contribution in [0.3, 0.4) is 0 Å². The molecule has 3 nitrogen and oxygen atoms in total. The third-order valence-corrected chi connectivity index (χ3v) is 6.62. The molecule has 3 aromatic carbocycles. The first-order chi connectivity index (χ1) is 14.0. The van der Waals surface area contributed by atoms with E-state index in [0.717, 1.165) is 38.1 Å². The molecule has 144 valence electrons. The van der Waals surface area contributed by atoms with Crippen LogP contribution in [0.2, 0.25) is 0 Å². The summed E-state index contributed by atoms with van der Waals surface area (Å²) in [6.07, 6.45) is 0.963. The molecule has 29 heavy (non-hydrogen) atoms. The largest absolute Gasteiger partial charge is 0.339 e. The quantitative estimate of drug-likeness (QED) is 0.278. The summed E-state index contributed by atoms with van der Waals surface area (Å²) in [5.74, 6) is 0.985. The van der Waals surface area contributed by atoms with E-state index in [9.17, 15) is 0 Å². The lowest BCUT2D eigenvalue weighted by molar-refractivity contribution is 0.765. The van der Waals surface area contributed by atoms with Crippen LogP contribution >= 0.6 is 31.9 Å². The van der Waals surface area contributed by atoms with Crippen LogP contribution in [0.5, 0.6) is 0 Å². The maximum atomic E-state index is 4.75. The van der Waals surface area contributed by atoms with Crippen molar-refractivity contribution in [3.63, 3.8) is 0 Å². The molecule has 5 heteroatoms. The van der Waals surface area contributed by atoms with Gasteiger partial charge < -0.3 is 5.32 Å². The Bertz CT molecular complexity index is 1260. The normalized spacial score (nSPS) is 12.0. The van der Waals surface area contributed by atoms with E-state index in [4.69, 9.17) is 5.10 Å². The number of aryl methyl sites for hydroxylation is 2. The minimum absolute atomic E-state index is 0.963. The molecule has 0 saturated carbocycles. The van der Waals surface area contributed by atoms with Gasteiger partial charge in [0, 0.05) is 21.6 Å². The molecule has 0 saturated heterocycles. The number of fused-ring (bicyclic) bond motifs is 3. The van der Waals surface area contributed by atoms with Crippen molar-refractivity contribution in [1.29, 1.82) is 0 Å². The number of anilines is 2. The lowest BCUT2D eigenvalue weighted by Gasteiger charge is -2.15. The molecule has 0 aliphatic heterocycles. The number of nitrogens with one attached hydrogen (secondary N) is 1. The monoisotopic (exact) mass is 507 g/mol. The summed E-state index contributed by atoms with van der Waals surface area (Å²) in [4.78, 5) is 0. The lowest BCUT2D eigenvalue weighted by Crippen LogP contribution is -2.01. The molecule has 5 rings (SSSR count). The van der Waals surface area contributed by atoms with E-state index in [0.29, 0.717) is 0 Å². The molecule has 0 atom stereocenters. The van der Waals surface area contributed by atoms with Crippen molar-refractivity contribution < 1.29 is 0 Å². The summed E-state index contributed by atoms with van der Waals surface area (Å²) in [6.45, 7) is 2.08. The van der Waals surface area contributed by atoms with Crippen LogP contribution in [0.4, 0.5) is 11.5 Å². The van der Waals surface area contributed by atoms with E-state index in [2.05, 4.69) is 86.6 Å². The molecule has 0 spiro atoms. The topological polar surface area (TPSA) is 29.9 Å². The molecule has 1 aliphatic carbocycles. The number of benzene rings is 3. The number of hydrogen-bond donors (Lipinski definition) is 1. The molecular weight excluding hydrogens is 490 g/mol. The van der Waals surface area contributed by atoms with Crippen LogP contribution in [0, 0.1) is 6.92 Å². The summed E-state index contributed by atoms with van der Waals surface area (Å²) in [7, 11) is 1.99. The Balaban J connectivity index is 1.74. The number of para-hydroxylation sites is 1. The highest BCUT2D eigenvalue weighted by Gasteiger charge is 2.26. The Hall–Kier alpha value is -2.37. The molecule has 0 amide bonds. The van der Waals surface area contributed by atoms with Gasteiger partial charge in [0.25, 0.3) is 0 Å². The van der Waals surface area contributed by atoms with E-state index >= 15 is 0 Å². The van der Waals surface area contributed by atoms with E-state index in [1.54, 1.807) is 0 Å². The second kappa shape index (κ2) is 7.15. The SMILES string of the molecule is Cc1nn(C)c(Nc2ccccc2Br)c1-c1cc(Br)cc2c1-c1ccccc1C2. The highest BCUT2D eigenvalue weighted by Crippen LogP contribution is 2.47. The predicted octanol–water partition coefficient (Wildman–Crippen LogP) is 7.24. The lowest BCUT2D eigenvalue weighted by atomic mass is 9.94. The predicted molar refractivity (Wildman–Crippen MR) is 127 cm³/mol. The van der Waals surface area contributed by atoms with Crippen molar-refractivity contribution in [1.82, 2.24) is 9.78 Å². The highest BCUT2D eigenvalue weighted by atomic mass is 79.9. The summed E-state index contributed by atoms with van der Waals surface area (Å²) in [5, 5.41) is 8.35. The fraction of sp³-hybridized carbons (Fsp3) is 0.125. The maximum absolute atomic E-state index is 4.75. The number of aromatic nitrogens is 2. The van der Waals surface area contributed by atoms with Crippen LogP contribution in [0.15, 0.2) is 69.6 Å². The zero-order chi connectivity index (χ0) is 20.1. The number of rotatable bonds is 3. The van der Waals surface area contributed by atoms with Gasteiger partial charge in [-0.2, -0.15) is 5.10 Å². The van der Waals surface area contributed by atoms with Crippen molar-refractivity contribution in [2.45, 2.75) is 13.3 Å². The number of hydrogen-bond acceptors (Lipinski definition) is 2. The van der Waals surface area contributed by atoms with Crippen molar-refractivity contribution in [2.24, 2.45) is 7.05 Å². The van der Waals surface area contributed by atoms with E-state index in [1.165, 1.54) is 27.8 Å². The van der Waals surface area contributed by atoms with Crippen molar-refractivity contribution in [3.8, 4) is 22.3 Å². The number of nitrogens with zero attached hydrogens (tertiary/aromatic N) is 2. The van der Waals surface area contributed by atoms with Gasteiger partial charge in [-0.15, -0.1) is 0 Å². The third-order valence-electron chi connectivity index (χ3n) is 5.47. The first-order valence-corrected chi connectivity index (χ1v) is 11.1. The van der Waals surface area contributed by atoms with Gasteiger partial charge in [0.2, 0.25) is 0 Å². The van der Waals surface area contributed by atoms with Crippen molar-refractivity contribution in [2.75, 3.05) is 5.32 Å². The maximum Gasteiger partial charge on any atom is 0.136 e. The van der Waals surface area contributed by atoms with Gasteiger partial charge in [-0.25, -0.2) is 0 Å². The van der Waals surface area contributed by atoms with Crippen LogP contribution in [0.25, 0.3) is 22.3 Å². The van der Waals surface area contributed by atoms with Gasteiger partial charge in [-0.1, -0.05) is 52.3 Å². The number of halogens is 2. The molecule has 1 N–H and O–H groups in total. The summed E-state index contributed by atoms with van der Waals surface area (Å²) >= 11 is 7.39. The van der Waals surface area contributed by atoms with Crippen molar-refractivity contribution >= 4 is 43.4 Å². The van der Waals surface area contributed by atoms with Gasteiger partial charge in [0.1, 0.15) is 5.82 Å². The third kappa shape index (κ3) is 3.13. The fourth-order valence-electron chi connectivity index (χ4n) is 4.26. The smallest absolute Gasteiger partial charge is 0.136 e. The molecule has 0 radical (unpaired) electrons. The Labute approximate surface area is 187 Å². The van der Waals surface area contributed by atoms with E-state index in [1.807, 2.05) is 29.9 Å². The average Bonchev–Trinajstić information content (AvgIpc) is 3.19. The summed E-state index contributed by atoms with van der Waals surface area (Å²) in [5.41, 5.74) is 9.73. The zero-order valence-corrected chi connectivity index (χ0v) is 19.3. The Morgan fingerprint density at radius 1 is 0.897 bits per heavy atom. The Morgan fingerprint density at radius 3 is 2.48 bits per heavy atom. The van der Waals surface area contributed by atoms with Gasteiger partial charge in [0.15, 0.2) is 0 Å². The minimum Gasteiger partial charge on any atom is -0.339 e. The van der Waals surface area contributed by atoms with E-state index < -0.39 is 0 Å². The second-order valence-corrected chi connectivity index (χ2v) is 9.13. The zero-order valence-electron chi connectivity index (χ0n) is 16.1. The molecule has 1 aromatic heterocycles. The molecule has 0 unspecified atom stereocenters. The van der Waals surface area contributed by atoms with E-state index in [-0.39, 0.29) is 0 Å². The molecule has 0 fully saturated rings. The molecule has 1 heterocycles. The van der Waals surface area contributed by atoms with Gasteiger partial charge in [-0.05, 0) is 81.4 Å². The first-order valence-electron chi connectivity index (χ1n) is 9.49. The summed E-state index contributed by atoms with van der Waals surface area (Å²) < 4.78 is 4.04. The molecule has 0 bridgehead atoms. The Kier molecular flexibility index (Phi) is 4.60. The standard InChI is InChI=1S/C24H19Br2N3/c1-14-22(24(29(2)28-14)27-21-10-6-5-9-20(21)26)19-13-17(25)12-16-11-15-7-3-4-8-18(15)23(16)19/h3-10,12-13,27H,11H2,1-2H3. The molecule has 4 aromatic rings. The Morgan fingerprint density at radius 2 is 1.66 bits per heavy atom. The van der Waals surface area contributed by atoms with Gasteiger partial charge in [-0.3, -0.25) is 4.68 Å². The molecular formula is C24H19Br2N3. The summed E-state index contributed by atoms with van der Waals surface area (Å²) in [6, 6.07) is 21.3. The first kappa shape index (κ1) is 18.6.